The minimum atomic E-state index is 0.178. The van der Waals surface area contributed by atoms with Crippen LogP contribution in [0.2, 0.25) is 0 Å². The molecule has 4 heteroatoms. The smallest absolute Gasteiger partial charge is 0.133 e. The van der Waals surface area contributed by atoms with Crippen molar-refractivity contribution < 1.29 is 9.84 Å². The number of hydrogen-bond acceptors (Lipinski definition) is 3. The van der Waals surface area contributed by atoms with E-state index >= 15 is 0 Å². The average Bonchev–Trinajstić information content (AvgIpc) is 2.46. The van der Waals surface area contributed by atoms with Gasteiger partial charge in [0, 0.05) is 18.2 Å². The molecule has 1 atom stereocenters. The summed E-state index contributed by atoms with van der Waals surface area (Å²) >= 11 is 3.49. The molecule has 2 aromatic rings. The van der Waals surface area contributed by atoms with Crippen molar-refractivity contribution in [1.82, 2.24) is 5.32 Å². The van der Waals surface area contributed by atoms with E-state index in [1.54, 1.807) is 13.2 Å². The third-order valence-corrected chi connectivity index (χ3v) is 3.89. The molecule has 0 radical (unpaired) electrons. The zero-order valence-corrected chi connectivity index (χ0v) is 13.1. The van der Waals surface area contributed by atoms with Crippen LogP contribution in [0.4, 0.5) is 0 Å². The number of nitrogens with one attached hydrogen (secondary N) is 1. The highest BCUT2D eigenvalue weighted by atomic mass is 79.9. The summed E-state index contributed by atoms with van der Waals surface area (Å²) in [4.78, 5) is 0. The summed E-state index contributed by atoms with van der Waals surface area (Å²) in [5, 5.41) is 13.1. The van der Waals surface area contributed by atoms with Gasteiger partial charge in [-0.05, 0) is 46.6 Å². The second-order valence-corrected chi connectivity index (χ2v) is 5.48. The molecule has 0 heterocycles. The summed E-state index contributed by atoms with van der Waals surface area (Å²) in [6.45, 7) is 2.71. The number of phenolic OH excluding ortho intramolecular Hbond substituents is 1. The lowest BCUT2D eigenvalue weighted by molar-refractivity contribution is 0.411. The molecule has 0 spiro atoms. The van der Waals surface area contributed by atoms with E-state index in [9.17, 15) is 5.11 Å². The lowest BCUT2D eigenvalue weighted by atomic mass is 10.1. The van der Waals surface area contributed by atoms with Crippen molar-refractivity contribution in [2.45, 2.75) is 19.5 Å². The molecule has 2 rings (SSSR count). The zero-order chi connectivity index (χ0) is 14.5. The molecule has 3 nitrogen and oxygen atoms in total. The number of aromatic hydroxyl groups is 1. The first-order valence-electron chi connectivity index (χ1n) is 6.45. The molecular formula is C16H18BrNO2. The van der Waals surface area contributed by atoms with Crippen molar-refractivity contribution in [2.24, 2.45) is 0 Å². The fourth-order valence-corrected chi connectivity index (χ4v) is 2.55. The van der Waals surface area contributed by atoms with Crippen LogP contribution in [0, 0.1) is 0 Å². The summed E-state index contributed by atoms with van der Waals surface area (Å²) in [7, 11) is 1.65. The van der Waals surface area contributed by atoms with E-state index in [0.717, 1.165) is 21.3 Å². The first-order valence-corrected chi connectivity index (χ1v) is 7.25. The topological polar surface area (TPSA) is 41.5 Å². The maximum absolute atomic E-state index is 9.74. The van der Waals surface area contributed by atoms with Crippen LogP contribution in [-0.2, 0) is 6.54 Å². The molecule has 1 unspecified atom stereocenters. The van der Waals surface area contributed by atoms with Gasteiger partial charge >= 0.3 is 0 Å². The van der Waals surface area contributed by atoms with Crippen molar-refractivity contribution in [2.75, 3.05) is 7.11 Å². The highest BCUT2D eigenvalue weighted by Gasteiger charge is 2.09. The molecule has 0 aromatic heterocycles. The number of rotatable bonds is 5. The Labute approximate surface area is 127 Å². The van der Waals surface area contributed by atoms with Crippen molar-refractivity contribution in [1.29, 1.82) is 0 Å². The Hall–Kier alpha value is -1.52. The Morgan fingerprint density at radius 3 is 2.65 bits per heavy atom. The first kappa shape index (κ1) is 14.9. The quantitative estimate of drug-likeness (QED) is 0.867. The van der Waals surface area contributed by atoms with E-state index in [0.29, 0.717) is 12.3 Å². The van der Waals surface area contributed by atoms with E-state index < -0.39 is 0 Å². The average molecular weight is 336 g/mol. The highest BCUT2D eigenvalue weighted by molar-refractivity contribution is 9.10. The third-order valence-electron chi connectivity index (χ3n) is 3.27. The summed E-state index contributed by atoms with van der Waals surface area (Å²) < 4.78 is 6.16. The van der Waals surface area contributed by atoms with Crippen LogP contribution < -0.4 is 10.1 Å². The van der Waals surface area contributed by atoms with Crippen LogP contribution in [0.1, 0.15) is 24.1 Å². The standard InChI is InChI=1S/C16H18BrNO2/c1-11(12-7-8-16(20-2)14(17)9-12)18-10-13-5-3-4-6-15(13)19/h3-9,11,18-19H,10H2,1-2H3. The van der Waals surface area contributed by atoms with Gasteiger partial charge in [-0.15, -0.1) is 0 Å². The molecule has 0 amide bonds. The van der Waals surface area contributed by atoms with E-state index in [1.807, 2.05) is 36.4 Å². The van der Waals surface area contributed by atoms with Gasteiger partial charge in [0.15, 0.2) is 0 Å². The minimum absolute atomic E-state index is 0.178. The number of methoxy groups -OCH3 is 1. The van der Waals surface area contributed by atoms with Gasteiger partial charge < -0.3 is 15.2 Å². The molecular weight excluding hydrogens is 318 g/mol. The molecule has 0 saturated carbocycles. The zero-order valence-electron chi connectivity index (χ0n) is 11.6. The number of benzene rings is 2. The Kier molecular flexibility index (Phi) is 5.04. The summed E-state index contributed by atoms with van der Waals surface area (Å²) in [6.07, 6.45) is 0. The molecule has 106 valence electrons. The Morgan fingerprint density at radius 1 is 1.25 bits per heavy atom. The van der Waals surface area contributed by atoms with Gasteiger partial charge in [0.1, 0.15) is 11.5 Å². The highest BCUT2D eigenvalue weighted by Crippen LogP contribution is 2.28. The van der Waals surface area contributed by atoms with Crippen LogP contribution >= 0.6 is 15.9 Å². The van der Waals surface area contributed by atoms with Gasteiger partial charge in [-0.2, -0.15) is 0 Å². The first-order chi connectivity index (χ1) is 9.61. The van der Waals surface area contributed by atoms with Gasteiger partial charge in [0.25, 0.3) is 0 Å². The molecule has 0 saturated heterocycles. The number of phenols is 1. The van der Waals surface area contributed by atoms with E-state index in [1.165, 1.54) is 0 Å². The second-order valence-electron chi connectivity index (χ2n) is 4.63. The van der Waals surface area contributed by atoms with Crippen LogP contribution in [0.3, 0.4) is 0 Å². The third kappa shape index (κ3) is 3.52. The summed E-state index contributed by atoms with van der Waals surface area (Å²) in [5.41, 5.74) is 2.06. The lowest BCUT2D eigenvalue weighted by Crippen LogP contribution is -2.18. The normalized spacial score (nSPS) is 12.2. The Bertz CT molecular complexity index is 586. The molecule has 2 N–H and O–H groups in total. The van der Waals surface area contributed by atoms with Gasteiger partial charge in [0.2, 0.25) is 0 Å². The lowest BCUT2D eigenvalue weighted by Gasteiger charge is -2.16. The Morgan fingerprint density at radius 2 is 2.00 bits per heavy atom. The number of para-hydroxylation sites is 1. The fourth-order valence-electron chi connectivity index (χ4n) is 1.99. The molecule has 0 aliphatic rings. The molecule has 0 aliphatic carbocycles. The van der Waals surface area contributed by atoms with Gasteiger partial charge in [-0.25, -0.2) is 0 Å². The number of hydrogen-bond donors (Lipinski definition) is 2. The molecule has 0 aliphatic heterocycles. The number of ether oxygens (including phenoxy) is 1. The minimum Gasteiger partial charge on any atom is -0.508 e. The van der Waals surface area contributed by atoms with Crippen molar-refractivity contribution >= 4 is 15.9 Å². The fraction of sp³-hybridized carbons (Fsp3) is 0.250. The predicted octanol–water partition coefficient (Wildman–Crippen LogP) is 4.01. The van der Waals surface area contributed by atoms with E-state index in [2.05, 4.69) is 28.2 Å². The van der Waals surface area contributed by atoms with Gasteiger partial charge in [0.05, 0.1) is 11.6 Å². The predicted molar refractivity (Wildman–Crippen MR) is 84.1 cm³/mol. The molecule has 2 aromatic carbocycles. The van der Waals surface area contributed by atoms with Gasteiger partial charge in [-0.1, -0.05) is 24.3 Å². The van der Waals surface area contributed by atoms with Crippen LogP contribution in [0.25, 0.3) is 0 Å². The molecule has 0 bridgehead atoms. The number of halogens is 1. The van der Waals surface area contributed by atoms with Crippen molar-refractivity contribution in [3.8, 4) is 11.5 Å². The van der Waals surface area contributed by atoms with Gasteiger partial charge in [-0.3, -0.25) is 0 Å². The SMILES string of the molecule is COc1ccc(C(C)NCc2ccccc2O)cc1Br. The van der Waals surface area contributed by atoms with E-state index in [4.69, 9.17) is 4.74 Å². The largest absolute Gasteiger partial charge is 0.508 e. The summed E-state index contributed by atoms with van der Waals surface area (Å²) in [5.74, 6) is 1.14. The van der Waals surface area contributed by atoms with Crippen LogP contribution in [-0.4, -0.2) is 12.2 Å². The van der Waals surface area contributed by atoms with Crippen molar-refractivity contribution in [3.63, 3.8) is 0 Å². The molecule has 20 heavy (non-hydrogen) atoms. The second kappa shape index (κ2) is 6.77. The van der Waals surface area contributed by atoms with E-state index in [-0.39, 0.29) is 6.04 Å². The summed E-state index contributed by atoms with van der Waals surface area (Å²) in [6, 6.07) is 13.6. The van der Waals surface area contributed by atoms with Crippen LogP contribution in [0.5, 0.6) is 11.5 Å². The maximum Gasteiger partial charge on any atom is 0.133 e. The molecule has 0 fully saturated rings. The van der Waals surface area contributed by atoms with Crippen molar-refractivity contribution in [3.05, 3.63) is 58.1 Å². The maximum atomic E-state index is 9.74. The Balaban J connectivity index is 2.03. The monoisotopic (exact) mass is 335 g/mol. The van der Waals surface area contributed by atoms with Crippen LogP contribution in [0.15, 0.2) is 46.9 Å².